The Morgan fingerprint density at radius 1 is 0.820 bits per heavy atom. The molecule has 0 amide bonds. The predicted molar refractivity (Wildman–Crippen MR) is 215 cm³/mol. The summed E-state index contributed by atoms with van der Waals surface area (Å²) in [5.41, 5.74) is 11.0. The normalized spacial score (nSPS) is 16.2. The van der Waals surface area contributed by atoms with Crippen molar-refractivity contribution in [1.29, 1.82) is 0 Å². The monoisotopic (exact) mass is 647 g/mol. The van der Waals surface area contributed by atoms with Gasteiger partial charge >= 0.3 is 0 Å². The molecule has 0 spiro atoms. The first kappa shape index (κ1) is 32.6. The SMILES string of the molecule is C=Cc1cccc(-c2ccc(-c3nc(C4=CCCC(c5cccc6ccccc56)=C4)cc(C(C=C)C/C=C/C4C=NC=CC4)n3)cc2)c1C=C. The van der Waals surface area contributed by atoms with Gasteiger partial charge < -0.3 is 0 Å². The van der Waals surface area contributed by atoms with Crippen LogP contribution in [0.4, 0.5) is 0 Å². The highest BCUT2D eigenvalue weighted by molar-refractivity contribution is 5.97. The van der Waals surface area contributed by atoms with Gasteiger partial charge in [0.25, 0.3) is 0 Å². The molecule has 5 aromatic rings. The van der Waals surface area contributed by atoms with Gasteiger partial charge in [0.05, 0.1) is 11.4 Å². The molecule has 0 bridgehead atoms. The summed E-state index contributed by atoms with van der Waals surface area (Å²) in [6.45, 7) is 12.3. The summed E-state index contributed by atoms with van der Waals surface area (Å²) in [5.74, 6) is 1.06. The molecule has 2 unspecified atom stereocenters. The van der Waals surface area contributed by atoms with E-state index in [2.05, 4.69) is 146 Å². The fourth-order valence-corrected chi connectivity index (χ4v) is 6.94. The van der Waals surface area contributed by atoms with Gasteiger partial charge in [0.2, 0.25) is 0 Å². The van der Waals surface area contributed by atoms with Crippen LogP contribution in [0, 0.1) is 5.92 Å². The summed E-state index contributed by atoms with van der Waals surface area (Å²) < 4.78 is 0. The second-order valence-electron chi connectivity index (χ2n) is 12.8. The molecule has 0 saturated carbocycles. The standard InChI is InChI=1S/C47H41N3/c1-4-34-17-11-23-42(41(34)6-3)37-25-27-38(28-26-37)47-49-45(35(5-2)18-9-14-33-15-13-29-48-32-33)31-46(50-47)40-21-10-20-39(30-40)44-24-12-19-36-16-7-8-22-43(36)44/h4-9,11-14,16-17,19,21-33,35H,1-3,10,15,18,20H2/b14-9+. The average molecular weight is 648 g/mol. The van der Waals surface area contributed by atoms with Crippen molar-refractivity contribution in [3.05, 3.63) is 181 Å². The van der Waals surface area contributed by atoms with E-state index in [0.29, 0.717) is 11.7 Å². The molecule has 3 heteroatoms. The summed E-state index contributed by atoms with van der Waals surface area (Å²) in [6.07, 6.45) is 24.6. The van der Waals surface area contributed by atoms with E-state index < -0.39 is 0 Å². The quantitative estimate of drug-likeness (QED) is 0.134. The summed E-state index contributed by atoms with van der Waals surface area (Å²) in [5, 5.41) is 2.53. The number of hydrogen-bond donors (Lipinski definition) is 0. The Bertz CT molecular complexity index is 2220. The second-order valence-corrected chi connectivity index (χ2v) is 12.8. The van der Waals surface area contributed by atoms with Gasteiger partial charge in [0, 0.05) is 29.8 Å². The van der Waals surface area contributed by atoms with Gasteiger partial charge in [-0.15, -0.1) is 6.58 Å². The molecular weight excluding hydrogens is 607 g/mol. The van der Waals surface area contributed by atoms with Crippen molar-refractivity contribution in [3.8, 4) is 22.5 Å². The third-order valence-electron chi connectivity index (χ3n) is 9.62. The Labute approximate surface area is 295 Å². The highest BCUT2D eigenvalue weighted by atomic mass is 14.9. The zero-order chi connectivity index (χ0) is 34.3. The summed E-state index contributed by atoms with van der Waals surface area (Å²) in [6, 6.07) is 32.2. The first-order valence-corrected chi connectivity index (χ1v) is 17.4. The summed E-state index contributed by atoms with van der Waals surface area (Å²) >= 11 is 0. The number of rotatable bonds is 11. The van der Waals surface area contributed by atoms with Crippen LogP contribution in [0.25, 0.3) is 56.6 Å². The van der Waals surface area contributed by atoms with Crippen LogP contribution >= 0.6 is 0 Å². The van der Waals surface area contributed by atoms with Crippen molar-refractivity contribution in [1.82, 2.24) is 9.97 Å². The second kappa shape index (κ2) is 15.1. The Morgan fingerprint density at radius 3 is 2.42 bits per heavy atom. The van der Waals surface area contributed by atoms with Gasteiger partial charge in [-0.2, -0.15) is 0 Å². The van der Waals surface area contributed by atoms with Crippen molar-refractivity contribution in [3.63, 3.8) is 0 Å². The first-order valence-electron chi connectivity index (χ1n) is 17.4. The van der Waals surface area contributed by atoms with E-state index in [1.165, 1.54) is 21.9 Å². The van der Waals surface area contributed by atoms with Crippen LogP contribution < -0.4 is 0 Å². The molecule has 2 heterocycles. The molecule has 2 atom stereocenters. The smallest absolute Gasteiger partial charge is 0.160 e. The molecule has 0 N–H and O–H groups in total. The maximum absolute atomic E-state index is 5.22. The minimum atomic E-state index is 0.0320. The largest absolute Gasteiger partial charge is 0.269 e. The first-order chi connectivity index (χ1) is 24.6. The van der Waals surface area contributed by atoms with E-state index in [1.807, 2.05) is 30.6 Å². The molecular formula is C47H41N3. The van der Waals surface area contributed by atoms with Crippen molar-refractivity contribution < 1.29 is 0 Å². The zero-order valence-electron chi connectivity index (χ0n) is 28.4. The Hall–Kier alpha value is -5.93. The van der Waals surface area contributed by atoms with Crippen LogP contribution in [-0.4, -0.2) is 16.2 Å². The van der Waals surface area contributed by atoms with E-state index >= 15 is 0 Å². The maximum atomic E-state index is 5.22. The summed E-state index contributed by atoms with van der Waals surface area (Å²) in [7, 11) is 0. The topological polar surface area (TPSA) is 38.1 Å². The molecule has 7 rings (SSSR count). The number of allylic oxidation sites excluding steroid dienone is 8. The van der Waals surface area contributed by atoms with E-state index in [0.717, 1.165) is 70.5 Å². The minimum Gasteiger partial charge on any atom is -0.269 e. The number of aromatic nitrogens is 2. The molecule has 0 radical (unpaired) electrons. The van der Waals surface area contributed by atoms with Crippen LogP contribution in [0.15, 0.2) is 158 Å². The predicted octanol–water partition coefficient (Wildman–Crippen LogP) is 12.3. The number of nitrogens with zero attached hydrogens (tertiary/aromatic N) is 3. The van der Waals surface area contributed by atoms with Crippen LogP contribution in [0.3, 0.4) is 0 Å². The van der Waals surface area contributed by atoms with E-state index in [-0.39, 0.29) is 5.92 Å². The van der Waals surface area contributed by atoms with Crippen LogP contribution in [0.2, 0.25) is 0 Å². The van der Waals surface area contributed by atoms with Gasteiger partial charge in [-0.3, -0.25) is 4.99 Å². The number of hydrogen-bond acceptors (Lipinski definition) is 3. The molecule has 1 aromatic heterocycles. The highest BCUT2D eigenvalue weighted by Gasteiger charge is 2.18. The van der Waals surface area contributed by atoms with E-state index in [4.69, 9.17) is 9.97 Å². The number of aliphatic imine (C=N–C) groups is 1. The zero-order valence-corrected chi connectivity index (χ0v) is 28.4. The van der Waals surface area contributed by atoms with Crippen molar-refractivity contribution in [2.24, 2.45) is 10.9 Å². The lowest BCUT2D eigenvalue weighted by Gasteiger charge is -2.18. The number of benzene rings is 4. The van der Waals surface area contributed by atoms with Crippen molar-refractivity contribution in [2.75, 3.05) is 0 Å². The van der Waals surface area contributed by atoms with E-state index in [1.54, 1.807) is 0 Å². The minimum absolute atomic E-state index is 0.0320. The van der Waals surface area contributed by atoms with Crippen LogP contribution in [-0.2, 0) is 0 Å². The third kappa shape index (κ3) is 6.95. The fraction of sp³-hybridized carbons (Fsp3) is 0.128. The fourth-order valence-electron chi connectivity index (χ4n) is 6.94. The molecule has 1 aliphatic heterocycles. The molecule has 2 aliphatic rings. The number of fused-ring (bicyclic) bond motifs is 1. The molecule has 1 aliphatic carbocycles. The van der Waals surface area contributed by atoms with E-state index in [9.17, 15) is 0 Å². The lowest BCUT2D eigenvalue weighted by atomic mass is 9.89. The molecule has 0 saturated heterocycles. The summed E-state index contributed by atoms with van der Waals surface area (Å²) in [4.78, 5) is 14.7. The molecule has 244 valence electrons. The van der Waals surface area contributed by atoms with Crippen LogP contribution in [0.5, 0.6) is 0 Å². The van der Waals surface area contributed by atoms with Gasteiger partial charge in [0.1, 0.15) is 0 Å². The molecule has 50 heavy (non-hydrogen) atoms. The van der Waals surface area contributed by atoms with Crippen molar-refractivity contribution >= 4 is 40.3 Å². The van der Waals surface area contributed by atoms with Crippen molar-refractivity contribution in [2.45, 2.75) is 31.6 Å². The third-order valence-corrected chi connectivity index (χ3v) is 9.62. The molecule has 4 aromatic carbocycles. The average Bonchev–Trinajstić information content (AvgIpc) is 3.19. The lowest BCUT2D eigenvalue weighted by Crippen LogP contribution is -2.05. The van der Waals surface area contributed by atoms with Gasteiger partial charge in [-0.25, -0.2) is 9.97 Å². The lowest BCUT2D eigenvalue weighted by molar-refractivity contribution is 0.805. The van der Waals surface area contributed by atoms with Gasteiger partial charge in [-0.05, 0) is 87.6 Å². The highest BCUT2D eigenvalue weighted by Crippen LogP contribution is 2.36. The maximum Gasteiger partial charge on any atom is 0.160 e. The van der Waals surface area contributed by atoms with Crippen LogP contribution in [0.1, 0.15) is 59.7 Å². The Morgan fingerprint density at radius 2 is 1.62 bits per heavy atom. The molecule has 0 fully saturated rings. The Kier molecular flexibility index (Phi) is 9.84. The molecule has 3 nitrogen and oxygen atoms in total. The Balaban J connectivity index is 1.28. The van der Waals surface area contributed by atoms with Gasteiger partial charge in [0.15, 0.2) is 5.82 Å². The van der Waals surface area contributed by atoms with Gasteiger partial charge in [-0.1, -0.05) is 141 Å².